The monoisotopic (exact) mass is 780 g/mol. The summed E-state index contributed by atoms with van der Waals surface area (Å²) in [6, 6.07) is 0. The highest BCUT2D eigenvalue weighted by molar-refractivity contribution is 5.36. The van der Waals surface area contributed by atoms with E-state index in [1.54, 1.807) is 6.92 Å². The predicted molar refractivity (Wildman–Crippen MR) is 197 cm³/mol. The normalized spacial score (nSPS) is 59.7. The molecule has 3 heterocycles. The second-order valence-electron chi connectivity index (χ2n) is 21.0. The molecular formula is C42H68O13. The van der Waals surface area contributed by atoms with Gasteiger partial charge in [0.25, 0.3) is 0 Å². The van der Waals surface area contributed by atoms with E-state index >= 15 is 0 Å². The van der Waals surface area contributed by atoms with Crippen LogP contribution in [0.15, 0.2) is 12.2 Å². The van der Waals surface area contributed by atoms with Gasteiger partial charge in [0.2, 0.25) is 0 Å². The zero-order valence-electron chi connectivity index (χ0n) is 33.7. The van der Waals surface area contributed by atoms with Crippen molar-refractivity contribution in [1.29, 1.82) is 0 Å². The fourth-order valence-electron chi connectivity index (χ4n) is 14.3. The summed E-state index contributed by atoms with van der Waals surface area (Å²) in [5.41, 5.74) is -1.90. The molecule has 13 heteroatoms. The molecule has 314 valence electrons. The first-order chi connectivity index (χ1) is 25.7. The van der Waals surface area contributed by atoms with E-state index in [1.807, 2.05) is 0 Å². The van der Waals surface area contributed by atoms with Crippen LogP contribution in [0.5, 0.6) is 0 Å². The second-order valence-corrected chi connectivity index (χ2v) is 21.0. The van der Waals surface area contributed by atoms with Crippen LogP contribution in [0.1, 0.15) is 99.8 Å². The van der Waals surface area contributed by atoms with Gasteiger partial charge in [-0.3, -0.25) is 0 Å². The third-order valence-corrected chi connectivity index (χ3v) is 17.9. The first kappa shape index (κ1) is 41.0. The first-order valence-electron chi connectivity index (χ1n) is 20.9. The Labute approximate surface area is 325 Å². The van der Waals surface area contributed by atoms with Crippen molar-refractivity contribution in [3.63, 3.8) is 0 Å². The number of allylic oxidation sites excluding steroid dienone is 1. The molecule has 0 amide bonds. The Morgan fingerprint density at radius 3 is 2.13 bits per heavy atom. The standard InChI is InChI=1S/C42H68O13/c1-21-28(46)33(55-34-31(49)30(48)29(47)22(18-43)53-34)32(50)35(52-21)54-27-10-11-37(4)23(38(27,5)19-44)8-12-39(6)24(37)9-13-42-25-16-36(2,3)14-15-41(25,20-51-42)26(45)17-40(39,42)7/h9,13,21-35,43-50H,8,10-12,14-20H2,1-7H3/t21-,22-,23-,24-,25-,26-,27+,28-,29+,30+,31-,32-,33+,34+,35+,37+,38+,39-,40+,41-,42+/m1/s1. The lowest BCUT2D eigenvalue weighted by Gasteiger charge is -2.73. The third-order valence-electron chi connectivity index (χ3n) is 17.9. The van der Waals surface area contributed by atoms with E-state index in [-0.39, 0.29) is 51.4 Å². The molecule has 0 radical (unpaired) electrons. The zero-order valence-corrected chi connectivity index (χ0v) is 33.7. The van der Waals surface area contributed by atoms with E-state index in [9.17, 15) is 40.9 Å². The van der Waals surface area contributed by atoms with Gasteiger partial charge in [-0.05, 0) is 86.4 Å². The molecule has 3 saturated heterocycles. The summed E-state index contributed by atoms with van der Waals surface area (Å²) in [5.74, 6) is 0.449. The van der Waals surface area contributed by atoms with Crippen molar-refractivity contribution in [2.75, 3.05) is 19.8 Å². The van der Waals surface area contributed by atoms with Crippen LogP contribution in [0.3, 0.4) is 0 Å². The van der Waals surface area contributed by atoms with E-state index < -0.39 is 91.2 Å². The van der Waals surface area contributed by atoms with Gasteiger partial charge in [-0.1, -0.05) is 53.7 Å². The minimum absolute atomic E-state index is 0.0414. The van der Waals surface area contributed by atoms with Crippen LogP contribution in [0, 0.1) is 50.2 Å². The van der Waals surface area contributed by atoms with Crippen LogP contribution < -0.4 is 0 Å². The van der Waals surface area contributed by atoms with Gasteiger partial charge in [0, 0.05) is 22.2 Å². The largest absolute Gasteiger partial charge is 0.396 e. The number of ether oxygens (including phenoxy) is 5. The van der Waals surface area contributed by atoms with Gasteiger partial charge < -0.3 is 64.5 Å². The van der Waals surface area contributed by atoms with Gasteiger partial charge in [0.05, 0.1) is 43.7 Å². The Hall–Kier alpha value is -0.780. The molecule has 0 aromatic rings. The molecular weight excluding hydrogens is 712 g/mol. The summed E-state index contributed by atoms with van der Waals surface area (Å²) in [4.78, 5) is 0. The molecule has 8 rings (SSSR count). The summed E-state index contributed by atoms with van der Waals surface area (Å²) >= 11 is 0. The lowest BCUT2D eigenvalue weighted by atomic mass is 9.32. The smallest absolute Gasteiger partial charge is 0.187 e. The molecule has 0 unspecified atom stereocenters. The van der Waals surface area contributed by atoms with Crippen molar-refractivity contribution >= 4 is 0 Å². The summed E-state index contributed by atoms with van der Waals surface area (Å²) in [6.07, 6.45) is -3.39. The summed E-state index contributed by atoms with van der Waals surface area (Å²) in [7, 11) is 0. The van der Waals surface area contributed by atoms with Gasteiger partial charge in [-0.2, -0.15) is 0 Å². The number of fused-ring (bicyclic) bond motifs is 4. The van der Waals surface area contributed by atoms with Crippen LogP contribution in [0.4, 0.5) is 0 Å². The van der Waals surface area contributed by atoms with Crippen LogP contribution >= 0.6 is 0 Å². The SMILES string of the molecule is C[C@H]1O[C@@H](O[C@H]2CC[C@@]3(C)[C@@H](CC[C@]4(C)[C@@H]3C=C[C@]35OC[C@@]6(CCC(C)(C)C[C@H]63)[C@H](O)C[C@]54C)[C@]2(C)CO)[C@H](O)[C@@H](O[C@@H]2O[C@H](CO)[C@H](O)[C@H](O)[C@H]2O)[C@@H]1O. The minimum atomic E-state index is -1.72. The van der Waals surface area contributed by atoms with Crippen molar-refractivity contribution < 1.29 is 64.5 Å². The molecule has 5 aliphatic carbocycles. The maximum absolute atomic E-state index is 12.1. The highest BCUT2D eigenvalue weighted by atomic mass is 16.7. The Morgan fingerprint density at radius 1 is 0.727 bits per heavy atom. The quantitative estimate of drug-likeness (QED) is 0.143. The van der Waals surface area contributed by atoms with E-state index in [4.69, 9.17) is 23.7 Å². The molecule has 55 heavy (non-hydrogen) atoms. The van der Waals surface area contributed by atoms with Crippen LogP contribution in [-0.2, 0) is 23.7 Å². The molecule has 13 nitrogen and oxygen atoms in total. The Kier molecular flexibility index (Phi) is 9.95. The van der Waals surface area contributed by atoms with E-state index in [0.717, 1.165) is 38.5 Å². The number of rotatable bonds is 6. The third kappa shape index (κ3) is 5.44. The van der Waals surface area contributed by atoms with Crippen molar-refractivity contribution in [3.05, 3.63) is 12.2 Å². The van der Waals surface area contributed by atoms with Gasteiger partial charge in [-0.15, -0.1) is 0 Å². The lowest BCUT2D eigenvalue weighted by molar-refractivity contribution is -0.367. The zero-order chi connectivity index (χ0) is 39.9. The molecule has 7 fully saturated rings. The topological polar surface area (TPSA) is 208 Å². The van der Waals surface area contributed by atoms with Crippen LogP contribution in [-0.4, -0.2) is 140 Å². The van der Waals surface area contributed by atoms with Crippen molar-refractivity contribution in [1.82, 2.24) is 0 Å². The predicted octanol–water partition coefficient (Wildman–Crippen LogP) is 1.78. The fourth-order valence-corrected chi connectivity index (χ4v) is 14.3. The highest BCUT2D eigenvalue weighted by Gasteiger charge is 2.79. The molecule has 2 bridgehead atoms. The number of aliphatic hydroxyl groups excluding tert-OH is 8. The van der Waals surface area contributed by atoms with Crippen molar-refractivity contribution in [2.45, 2.75) is 179 Å². The van der Waals surface area contributed by atoms with E-state index in [2.05, 4.69) is 53.7 Å². The maximum Gasteiger partial charge on any atom is 0.187 e. The molecule has 3 aliphatic heterocycles. The lowest BCUT2D eigenvalue weighted by Crippen LogP contribution is -2.72. The Bertz CT molecular complexity index is 1490. The number of aliphatic hydroxyl groups is 8. The molecule has 0 aromatic carbocycles. The first-order valence-corrected chi connectivity index (χ1v) is 20.9. The van der Waals surface area contributed by atoms with Crippen molar-refractivity contribution in [3.8, 4) is 0 Å². The van der Waals surface area contributed by atoms with Gasteiger partial charge >= 0.3 is 0 Å². The van der Waals surface area contributed by atoms with Gasteiger partial charge in [-0.25, -0.2) is 0 Å². The average Bonchev–Trinajstić information content (AvgIpc) is 3.41. The van der Waals surface area contributed by atoms with Gasteiger partial charge in [0.15, 0.2) is 12.6 Å². The number of hydrogen-bond donors (Lipinski definition) is 8. The highest BCUT2D eigenvalue weighted by Crippen LogP contribution is 2.79. The maximum atomic E-state index is 12.1. The van der Waals surface area contributed by atoms with E-state index in [0.29, 0.717) is 19.4 Å². The second kappa shape index (κ2) is 13.4. The summed E-state index contributed by atoms with van der Waals surface area (Å²) in [6.45, 7) is 15.4. The molecule has 8 N–H and O–H groups in total. The fraction of sp³-hybridized carbons (Fsp3) is 0.952. The van der Waals surface area contributed by atoms with E-state index in [1.165, 1.54) is 0 Å². The minimum Gasteiger partial charge on any atom is -0.396 e. The molecule has 8 aliphatic rings. The van der Waals surface area contributed by atoms with Crippen LogP contribution in [0.2, 0.25) is 0 Å². The van der Waals surface area contributed by atoms with Crippen molar-refractivity contribution in [2.24, 2.45) is 50.2 Å². The van der Waals surface area contributed by atoms with Crippen LogP contribution in [0.25, 0.3) is 0 Å². The molecule has 1 spiro atoms. The molecule has 0 aromatic heterocycles. The average molecular weight is 781 g/mol. The summed E-state index contributed by atoms with van der Waals surface area (Å²) in [5, 5.41) is 87.0. The number of hydrogen-bond acceptors (Lipinski definition) is 13. The molecule has 21 atom stereocenters. The molecule has 4 saturated carbocycles. The summed E-state index contributed by atoms with van der Waals surface area (Å²) < 4.78 is 31.2. The van der Waals surface area contributed by atoms with Gasteiger partial charge in [0.1, 0.15) is 42.7 Å². The Morgan fingerprint density at radius 2 is 1.44 bits per heavy atom. The Balaban J connectivity index is 1.05.